The molecular formula is C37H43ClF3N5O. The first-order chi connectivity index (χ1) is 22.5. The van der Waals surface area contributed by atoms with Gasteiger partial charge in [-0.15, -0.1) is 0 Å². The van der Waals surface area contributed by atoms with Crippen molar-refractivity contribution < 1.29 is 18.0 Å². The number of hydrogen-bond acceptors (Lipinski definition) is 5. The number of benzene rings is 3. The van der Waals surface area contributed by atoms with E-state index in [1.54, 1.807) is 13.0 Å². The maximum absolute atomic E-state index is 13.8. The predicted molar refractivity (Wildman–Crippen MR) is 183 cm³/mol. The number of hydrogen-bond donors (Lipinski definition) is 1. The third-order valence-electron chi connectivity index (χ3n) is 9.71. The molecule has 2 aliphatic rings. The molecular weight excluding hydrogens is 623 g/mol. The normalized spacial score (nSPS) is 17.4. The summed E-state index contributed by atoms with van der Waals surface area (Å²) in [5.74, 6) is 1.40. The van der Waals surface area contributed by atoms with E-state index in [2.05, 4.69) is 34.3 Å². The van der Waals surface area contributed by atoms with Gasteiger partial charge in [-0.05, 0) is 98.9 Å². The molecule has 1 saturated heterocycles. The molecule has 10 heteroatoms. The summed E-state index contributed by atoms with van der Waals surface area (Å²) in [4.78, 5) is 22.1. The molecule has 1 aliphatic carbocycles. The number of imidazole rings is 1. The number of ketones is 1. The van der Waals surface area contributed by atoms with E-state index in [1.807, 2.05) is 34.9 Å². The fraction of sp³-hybridized carbons (Fsp3) is 0.459. The van der Waals surface area contributed by atoms with Gasteiger partial charge in [-0.25, -0.2) is 4.98 Å². The minimum Gasteiger partial charge on any atom is -0.369 e. The summed E-state index contributed by atoms with van der Waals surface area (Å²) in [6.07, 6.45) is 2.04. The van der Waals surface area contributed by atoms with E-state index in [-0.39, 0.29) is 23.4 Å². The number of rotatable bonds is 10. The molecule has 1 atom stereocenters. The number of likely N-dealkylation sites (N-methyl/N-ethyl adjacent to an activating group) is 1. The van der Waals surface area contributed by atoms with Crippen LogP contribution in [0.25, 0.3) is 22.4 Å². The van der Waals surface area contributed by atoms with Crippen LogP contribution >= 0.6 is 11.6 Å². The Labute approximate surface area is 279 Å². The van der Waals surface area contributed by atoms with E-state index in [9.17, 15) is 18.0 Å². The maximum Gasteiger partial charge on any atom is 0.417 e. The van der Waals surface area contributed by atoms with Gasteiger partial charge in [-0.3, -0.25) is 4.79 Å². The lowest BCUT2D eigenvalue weighted by Crippen LogP contribution is -2.44. The first-order valence-corrected chi connectivity index (χ1v) is 17.1. The van der Waals surface area contributed by atoms with Gasteiger partial charge >= 0.3 is 6.18 Å². The van der Waals surface area contributed by atoms with E-state index in [0.717, 1.165) is 66.6 Å². The number of carbonyl (C=O) groups is 1. The molecule has 6 nitrogen and oxygen atoms in total. The van der Waals surface area contributed by atoms with Crippen molar-refractivity contribution in [1.29, 1.82) is 0 Å². The number of alkyl halides is 3. The summed E-state index contributed by atoms with van der Waals surface area (Å²) in [6, 6.07) is 18.2. The Kier molecular flexibility index (Phi) is 10.2. The third-order valence-corrected chi connectivity index (χ3v) is 10.0. The van der Waals surface area contributed by atoms with Gasteiger partial charge in [0.15, 0.2) is 0 Å². The number of fused-ring (bicyclic) bond motifs is 1. The van der Waals surface area contributed by atoms with Gasteiger partial charge in [0.1, 0.15) is 11.6 Å². The van der Waals surface area contributed by atoms with E-state index in [0.29, 0.717) is 23.7 Å². The summed E-state index contributed by atoms with van der Waals surface area (Å²) in [5, 5.41) is 3.36. The second kappa shape index (κ2) is 14.4. The van der Waals surface area contributed by atoms with Crippen molar-refractivity contribution in [2.45, 2.75) is 64.2 Å². The second-order valence-corrected chi connectivity index (χ2v) is 13.7. The van der Waals surface area contributed by atoms with Crippen LogP contribution in [0.3, 0.4) is 0 Å². The Morgan fingerprint density at radius 1 is 0.979 bits per heavy atom. The molecule has 2 fully saturated rings. The Balaban J connectivity index is 1.36. The summed E-state index contributed by atoms with van der Waals surface area (Å²) in [7, 11) is 2.13. The average molecular weight is 666 g/mol. The molecule has 0 spiro atoms. The van der Waals surface area contributed by atoms with Crippen LogP contribution in [0.15, 0.2) is 60.7 Å². The maximum atomic E-state index is 13.8. The van der Waals surface area contributed by atoms with E-state index < -0.39 is 11.7 Å². The number of halogens is 4. The van der Waals surface area contributed by atoms with Gasteiger partial charge in [-0.2, -0.15) is 13.2 Å². The minimum absolute atomic E-state index is 0.112. The van der Waals surface area contributed by atoms with Gasteiger partial charge < -0.3 is 19.7 Å². The molecule has 2 heterocycles. The lowest BCUT2D eigenvalue weighted by atomic mass is 9.89. The van der Waals surface area contributed by atoms with Crippen LogP contribution in [0.2, 0.25) is 5.02 Å². The van der Waals surface area contributed by atoms with Crippen LogP contribution in [-0.4, -0.2) is 60.0 Å². The van der Waals surface area contributed by atoms with E-state index >= 15 is 0 Å². The van der Waals surface area contributed by atoms with Crippen LogP contribution < -0.4 is 10.2 Å². The molecule has 1 aliphatic heterocycles. The van der Waals surface area contributed by atoms with Crippen LogP contribution in [0.1, 0.15) is 68.2 Å². The number of carbonyl (C=O) groups excluding carboxylic acids is 1. The fourth-order valence-corrected chi connectivity index (χ4v) is 7.22. The Hall–Kier alpha value is -3.40. The average Bonchev–Trinajstić information content (AvgIpc) is 3.41. The largest absolute Gasteiger partial charge is 0.417 e. The topological polar surface area (TPSA) is 53.4 Å². The minimum atomic E-state index is -4.56. The summed E-state index contributed by atoms with van der Waals surface area (Å²) in [5.41, 5.74) is 4.16. The molecule has 0 bridgehead atoms. The standard InChI is InChI=1S/C37H43ClF3N5O/c1-25(47)20-33(42-23-26-6-4-3-5-7-26)29-11-15-35-34(22-29)43-36(28-9-12-30(13-10-28)45-18-16-44(2)17-19-45)46(35)24-27-8-14-32(38)31(21-27)37(39,40)41/h8-15,21-22,26,33,42H,3-7,16-20,23-24H2,1-2H3. The van der Waals surface area contributed by atoms with E-state index in [1.165, 1.54) is 38.2 Å². The zero-order valence-electron chi connectivity index (χ0n) is 27.1. The second-order valence-electron chi connectivity index (χ2n) is 13.3. The number of nitrogens with one attached hydrogen (secondary N) is 1. The zero-order chi connectivity index (χ0) is 33.1. The lowest BCUT2D eigenvalue weighted by molar-refractivity contribution is -0.137. The number of nitrogens with zero attached hydrogens (tertiary/aromatic N) is 4. The van der Waals surface area contributed by atoms with Crippen LogP contribution in [0.5, 0.6) is 0 Å². The Bertz CT molecular complexity index is 1690. The van der Waals surface area contributed by atoms with Crippen molar-refractivity contribution >= 4 is 34.1 Å². The SMILES string of the molecule is CC(=O)CC(NCC1CCCCC1)c1ccc2c(c1)nc(-c1ccc(N3CCN(C)CC3)cc1)n2Cc1ccc(Cl)c(C(F)(F)F)c1. The first-order valence-electron chi connectivity index (χ1n) is 16.7. The molecule has 1 N–H and O–H groups in total. The van der Waals surface area contributed by atoms with Crippen molar-refractivity contribution in [3.05, 3.63) is 82.4 Å². The van der Waals surface area contributed by atoms with Gasteiger partial charge in [0.25, 0.3) is 0 Å². The van der Waals surface area contributed by atoms with E-state index in [4.69, 9.17) is 16.6 Å². The number of aromatic nitrogens is 2. The number of anilines is 1. The Morgan fingerprint density at radius 2 is 1.70 bits per heavy atom. The summed E-state index contributed by atoms with van der Waals surface area (Å²) >= 11 is 5.95. The molecule has 1 saturated carbocycles. The third kappa shape index (κ3) is 8.02. The zero-order valence-corrected chi connectivity index (χ0v) is 27.9. The molecule has 3 aromatic carbocycles. The highest BCUT2D eigenvalue weighted by Crippen LogP contribution is 2.36. The molecule has 0 radical (unpaired) electrons. The smallest absolute Gasteiger partial charge is 0.369 e. The highest BCUT2D eigenvalue weighted by atomic mass is 35.5. The quantitative estimate of drug-likeness (QED) is 0.185. The fourth-order valence-electron chi connectivity index (χ4n) is 7.00. The van der Waals surface area contributed by atoms with Crippen LogP contribution in [0.4, 0.5) is 18.9 Å². The summed E-state index contributed by atoms with van der Waals surface area (Å²) in [6.45, 7) is 6.57. The van der Waals surface area contributed by atoms with Crippen molar-refractivity contribution in [2.24, 2.45) is 5.92 Å². The molecule has 0 amide bonds. The number of piperazine rings is 1. The van der Waals surface area contributed by atoms with Crippen LogP contribution in [-0.2, 0) is 17.5 Å². The molecule has 1 unspecified atom stereocenters. The molecule has 250 valence electrons. The first kappa shape index (κ1) is 33.5. The lowest BCUT2D eigenvalue weighted by Gasteiger charge is -2.34. The highest BCUT2D eigenvalue weighted by molar-refractivity contribution is 6.31. The van der Waals surface area contributed by atoms with Gasteiger partial charge in [0, 0.05) is 56.4 Å². The van der Waals surface area contributed by atoms with Crippen molar-refractivity contribution in [3.63, 3.8) is 0 Å². The number of Topliss-reactive ketones (excluding diaryl/α,β-unsaturated/α-hetero) is 1. The molecule has 6 rings (SSSR count). The molecule has 1 aromatic heterocycles. The summed E-state index contributed by atoms with van der Waals surface area (Å²) < 4.78 is 43.3. The van der Waals surface area contributed by atoms with Crippen LogP contribution in [0, 0.1) is 5.92 Å². The molecule has 47 heavy (non-hydrogen) atoms. The van der Waals surface area contributed by atoms with Crippen molar-refractivity contribution in [2.75, 3.05) is 44.7 Å². The molecule has 4 aromatic rings. The van der Waals surface area contributed by atoms with Crippen molar-refractivity contribution in [1.82, 2.24) is 19.8 Å². The highest BCUT2D eigenvalue weighted by Gasteiger charge is 2.33. The Morgan fingerprint density at radius 3 is 2.38 bits per heavy atom. The van der Waals surface area contributed by atoms with Gasteiger partial charge in [0.05, 0.1) is 21.6 Å². The van der Waals surface area contributed by atoms with Crippen molar-refractivity contribution in [3.8, 4) is 11.4 Å². The predicted octanol–water partition coefficient (Wildman–Crippen LogP) is 8.37. The monoisotopic (exact) mass is 665 g/mol. The van der Waals surface area contributed by atoms with Gasteiger partial charge in [-0.1, -0.05) is 43.0 Å². The van der Waals surface area contributed by atoms with Gasteiger partial charge in [0.2, 0.25) is 0 Å².